The van der Waals surface area contributed by atoms with Gasteiger partial charge >= 0.3 is 6.18 Å². The van der Waals surface area contributed by atoms with E-state index in [2.05, 4.69) is 5.32 Å². The minimum Gasteiger partial charge on any atom is -0.302 e. The van der Waals surface area contributed by atoms with Gasteiger partial charge in [-0.25, -0.2) is 4.39 Å². The van der Waals surface area contributed by atoms with E-state index < -0.39 is 18.0 Å². The maximum Gasteiger partial charge on any atom is 0.407 e. The first kappa shape index (κ1) is 15.5. The molecule has 0 spiro atoms. The minimum atomic E-state index is -4.39. The van der Waals surface area contributed by atoms with Gasteiger partial charge < -0.3 is 5.32 Å². The van der Waals surface area contributed by atoms with Gasteiger partial charge in [-0.3, -0.25) is 0 Å². The van der Waals surface area contributed by atoms with Crippen LogP contribution in [0, 0.1) is 5.82 Å². The van der Waals surface area contributed by atoms with Gasteiger partial charge in [0.15, 0.2) is 0 Å². The fraction of sp³-hybridized carbons (Fsp3) is 0.250. The van der Waals surface area contributed by atoms with Crippen LogP contribution in [0.15, 0.2) is 54.6 Å². The third kappa shape index (κ3) is 4.29. The van der Waals surface area contributed by atoms with E-state index in [-0.39, 0.29) is 18.5 Å². The van der Waals surface area contributed by atoms with Gasteiger partial charge in [0.2, 0.25) is 0 Å². The number of alkyl halides is 3. The number of nitrogens with one attached hydrogen (secondary N) is 1. The normalized spacial score (nSPS) is 13.1. The summed E-state index contributed by atoms with van der Waals surface area (Å²) in [5.41, 5.74) is 0.553. The Morgan fingerprint density at radius 2 is 1.52 bits per heavy atom. The molecule has 0 radical (unpaired) electrons. The van der Waals surface area contributed by atoms with Crippen LogP contribution in [0.25, 0.3) is 0 Å². The molecule has 5 heteroatoms. The lowest BCUT2D eigenvalue weighted by Gasteiger charge is -2.22. The molecular formula is C16H15F4N. The number of benzene rings is 2. The van der Waals surface area contributed by atoms with Gasteiger partial charge in [-0.2, -0.15) is 13.2 Å². The molecular weight excluding hydrogens is 282 g/mol. The van der Waals surface area contributed by atoms with Crippen LogP contribution in [0.5, 0.6) is 0 Å². The van der Waals surface area contributed by atoms with Crippen molar-refractivity contribution in [3.8, 4) is 0 Å². The predicted molar refractivity (Wildman–Crippen MR) is 73.3 cm³/mol. The molecule has 1 nitrogen and oxygen atoms in total. The van der Waals surface area contributed by atoms with E-state index in [1.165, 1.54) is 18.2 Å². The molecule has 2 aromatic rings. The Labute approximate surface area is 120 Å². The first-order valence-corrected chi connectivity index (χ1v) is 6.57. The van der Waals surface area contributed by atoms with Crippen molar-refractivity contribution in [1.82, 2.24) is 5.32 Å². The molecule has 0 aliphatic heterocycles. The summed E-state index contributed by atoms with van der Waals surface area (Å²) < 4.78 is 52.6. The Kier molecular flexibility index (Phi) is 4.96. The lowest BCUT2D eigenvalue weighted by Crippen LogP contribution is -2.35. The van der Waals surface area contributed by atoms with Crippen molar-refractivity contribution >= 4 is 0 Å². The summed E-state index contributed by atoms with van der Waals surface area (Å²) in [7, 11) is 0. The molecule has 0 fully saturated rings. The van der Waals surface area contributed by atoms with Crippen LogP contribution in [0.4, 0.5) is 17.6 Å². The first-order valence-electron chi connectivity index (χ1n) is 6.57. The zero-order valence-electron chi connectivity index (χ0n) is 11.2. The summed E-state index contributed by atoms with van der Waals surface area (Å²) in [6.45, 7) is 0.0417. The van der Waals surface area contributed by atoms with Crippen molar-refractivity contribution in [2.45, 2.75) is 18.6 Å². The second-order valence-electron chi connectivity index (χ2n) is 4.68. The minimum absolute atomic E-state index is 0.0417. The van der Waals surface area contributed by atoms with E-state index in [4.69, 9.17) is 0 Å². The van der Waals surface area contributed by atoms with Crippen LogP contribution in [-0.2, 0) is 6.42 Å². The molecule has 0 amide bonds. The fourth-order valence-electron chi connectivity index (χ4n) is 2.12. The third-order valence-corrected chi connectivity index (χ3v) is 3.16. The van der Waals surface area contributed by atoms with Crippen molar-refractivity contribution in [2.24, 2.45) is 0 Å². The quantitative estimate of drug-likeness (QED) is 0.813. The Morgan fingerprint density at radius 1 is 0.905 bits per heavy atom. The maximum absolute atomic E-state index is 13.4. The molecule has 0 saturated heterocycles. The second-order valence-corrected chi connectivity index (χ2v) is 4.68. The Bertz CT molecular complexity index is 566. The van der Waals surface area contributed by atoms with Crippen LogP contribution in [0.3, 0.4) is 0 Å². The summed E-state index contributed by atoms with van der Waals surface area (Å²) in [5.74, 6) is -0.400. The Hall–Kier alpha value is -1.88. The van der Waals surface area contributed by atoms with Crippen molar-refractivity contribution < 1.29 is 17.6 Å². The number of rotatable bonds is 5. The van der Waals surface area contributed by atoms with Crippen molar-refractivity contribution in [3.63, 3.8) is 0 Å². The number of hydrogen-bond donors (Lipinski definition) is 1. The summed E-state index contributed by atoms with van der Waals surface area (Å²) in [5, 5.41) is 2.46. The predicted octanol–water partition coefficient (Wildman–Crippen LogP) is 4.26. The highest BCUT2D eigenvalue weighted by atomic mass is 19.4. The van der Waals surface area contributed by atoms with Crippen molar-refractivity contribution in [3.05, 3.63) is 71.5 Å². The highest BCUT2D eigenvalue weighted by Gasteiger charge is 2.40. The molecule has 21 heavy (non-hydrogen) atoms. The van der Waals surface area contributed by atoms with Gasteiger partial charge in [-0.05, 0) is 23.6 Å². The van der Waals surface area contributed by atoms with Gasteiger partial charge in [0, 0.05) is 6.54 Å². The lowest BCUT2D eigenvalue weighted by molar-refractivity contribution is -0.157. The van der Waals surface area contributed by atoms with Crippen molar-refractivity contribution in [1.29, 1.82) is 0 Å². The highest BCUT2D eigenvalue weighted by Crippen LogP contribution is 2.32. The van der Waals surface area contributed by atoms with Gasteiger partial charge in [0.1, 0.15) is 11.9 Å². The average molecular weight is 297 g/mol. The largest absolute Gasteiger partial charge is 0.407 e. The monoisotopic (exact) mass is 297 g/mol. The molecule has 1 unspecified atom stereocenters. The molecule has 2 aromatic carbocycles. The number of hydrogen-bond acceptors (Lipinski definition) is 1. The first-order chi connectivity index (χ1) is 9.98. The zero-order valence-corrected chi connectivity index (χ0v) is 11.2. The summed E-state index contributed by atoms with van der Waals surface area (Å²) in [6.07, 6.45) is -4.19. The van der Waals surface area contributed by atoms with Gasteiger partial charge in [0.25, 0.3) is 0 Å². The molecule has 2 rings (SSSR count). The van der Waals surface area contributed by atoms with Gasteiger partial charge in [0.05, 0.1) is 0 Å². The highest BCUT2D eigenvalue weighted by molar-refractivity contribution is 5.21. The molecule has 112 valence electrons. The molecule has 0 heterocycles. The topological polar surface area (TPSA) is 12.0 Å². The fourth-order valence-corrected chi connectivity index (χ4v) is 2.12. The standard InChI is InChI=1S/C16H15F4N/c17-14-9-5-4-6-12(14)10-11-21-15(16(18,19)20)13-7-2-1-3-8-13/h1-9,15,21H,10-11H2. The molecule has 0 saturated carbocycles. The average Bonchev–Trinajstić information content (AvgIpc) is 2.45. The van der Waals surface area contributed by atoms with Crippen LogP contribution >= 0.6 is 0 Å². The molecule has 0 aliphatic rings. The third-order valence-electron chi connectivity index (χ3n) is 3.16. The van der Waals surface area contributed by atoms with Crippen LogP contribution < -0.4 is 5.32 Å². The summed E-state index contributed by atoms with van der Waals surface area (Å²) in [4.78, 5) is 0. The maximum atomic E-state index is 13.4. The molecule has 1 atom stereocenters. The van der Waals surface area contributed by atoms with Crippen LogP contribution in [-0.4, -0.2) is 12.7 Å². The van der Waals surface area contributed by atoms with E-state index in [9.17, 15) is 17.6 Å². The van der Waals surface area contributed by atoms with Gasteiger partial charge in [-0.15, -0.1) is 0 Å². The smallest absolute Gasteiger partial charge is 0.302 e. The molecule has 0 aliphatic carbocycles. The van der Waals surface area contributed by atoms with Crippen LogP contribution in [0.2, 0.25) is 0 Å². The number of halogens is 4. The molecule has 1 N–H and O–H groups in total. The van der Waals surface area contributed by atoms with Crippen LogP contribution in [0.1, 0.15) is 17.2 Å². The van der Waals surface area contributed by atoms with Crippen molar-refractivity contribution in [2.75, 3.05) is 6.54 Å². The van der Waals surface area contributed by atoms with E-state index in [0.717, 1.165) is 0 Å². The van der Waals surface area contributed by atoms with E-state index in [1.807, 2.05) is 0 Å². The Balaban J connectivity index is 2.03. The summed E-state index contributed by atoms with van der Waals surface area (Å²) in [6, 6.07) is 12.0. The lowest BCUT2D eigenvalue weighted by atomic mass is 10.1. The SMILES string of the molecule is Fc1ccccc1CCNC(c1ccccc1)C(F)(F)F. The summed E-state index contributed by atoms with van der Waals surface area (Å²) >= 11 is 0. The van der Waals surface area contributed by atoms with Gasteiger partial charge in [-0.1, -0.05) is 48.5 Å². The second kappa shape index (κ2) is 6.72. The Morgan fingerprint density at radius 3 is 2.14 bits per heavy atom. The van der Waals surface area contributed by atoms with E-state index in [0.29, 0.717) is 5.56 Å². The van der Waals surface area contributed by atoms with E-state index in [1.54, 1.807) is 36.4 Å². The molecule has 0 bridgehead atoms. The molecule has 0 aromatic heterocycles. The van der Waals surface area contributed by atoms with E-state index >= 15 is 0 Å². The zero-order chi connectivity index (χ0) is 15.3.